The normalized spacial score (nSPS) is 16.0. The number of likely N-dealkylation sites (N-methyl/N-ethyl adjacent to an activating group) is 1. The van der Waals surface area contributed by atoms with Crippen LogP contribution in [0, 0.1) is 10.1 Å². The van der Waals surface area contributed by atoms with E-state index in [-0.39, 0.29) is 23.9 Å². The van der Waals surface area contributed by atoms with E-state index >= 15 is 0 Å². The van der Waals surface area contributed by atoms with Gasteiger partial charge in [-0.15, -0.1) is 0 Å². The van der Waals surface area contributed by atoms with Crippen LogP contribution in [-0.4, -0.2) is 23.8 Å². The predicted octanol–water partition coefficient (Wildman–Crippen LogP) is 2.68. The highest BCUT2D eigenvalue weighted by atomic mass is 16.6. The second-order valence-corrected chi connectivity index (χ2v) is 5.56. The lowest BCUT2D eigenvalue weighted by atomic mass is 9.89. The van der Waals surface area contributed by atoms with Gasteiger partial charge in [0.15, 0.2) is 0 Å². The van der Waals surface area contributed by atoms with Gasteiger partial charge in [-0.05, 0) is 23.8 Å². The Hall–Kier alpha value is -3.22. The number of benzene rings is 2. The molecule has 0 spiro atoms. The summed E-state index contributed by atoms with van der Waals surface area (Å²) in [5.74, 6) is -1.01. The minimum atomic E-state index is -0.574. The molecule has 0 fully saturated rings. The molecule has 3 rings (SSSR count). The summed E-state index contributed by atoms with van der Waals surface area (Å²) in [4.78, 5) is 36.3. The molecule has 24 heavy (non-hydrogen) atoms. The number of para-hydroxylation sites is 1. The van der Waals surface area contributed by atoms with Crippen molar-refractivity contribution in [3.05, 3.63) is 64.2 Å². The van der Waals surface area contributed by atoms with E-state index in [1.807, 2.05) is 12.1 Å². The Kier molecular flexibility index (Phi) is 3.99. The number of rotatable bonds is 3. The molecule has 122 valence electrons. The van der Waals surface area contributed by atoms with Gasteiger partial charge in [-0.2, -0.15) is 0 Å². The summed E-state index contributed by atoms with van der Waals surface area (Å²) in [5, 5.41) is 13.5. The molecular weight excluding hydrogens is 310 g/mol. The van der Waals surface area contributed by atoms with Gasteiger partial charge in [0, 0.05) is 37.0 Å². The SMILES string of the molecule is CN(C(=O)[C@H]1CC(=O)Nc2ccccc21)c1ccc([N+](=O)[O-])cc1. The monoisotopic (exact) mass is 325 g/mol. The van der Waals surface area contributed by atoms with E-state index in [9.17, 15) is 19.7 Å². The highest BCUT2D eigenvalue weighted by molar-refractivity contribution is 6.05. The van der Waals surface area contributed by atoms with Crippen LogP contribution in [0.1, 0.15) is 17.9 Å². The highest BCUT2D eigenvalue weighted by Gasteiger charge is 2.32. The van der Waals surface area contributed by atoms with Gasteiger partial charge in [0.2, 0.25) is 11.8 Å². The molecule has 0 saturated heterocycles. The van der Waals surface area contributed by atoms with Crippen LogP contribution in [0.3, 0.4) is 0 Å². The van der Waals surface area contributed by atoms with Gasteiger partial charge in [0.25, 0.3) is 5.69 Å². The van der Waals surface area contributed by atoms with Gasteiger partial charge < -0.3 is 10.2 Å². The second kappa shape index (κ2) is 6.11. The molecule has 1 aliphatic heterocycles. The average Bonchev–Trinajstić information content (AvgIpc) is 2.59. The number of anilines is 2. The first-order valence-electron chi connectivity index (χ1n) is 7.38. The van der Waals surface area contributed by atoms with Gasteiger partial charge in [0.1, 0.15) is 0 Å². The zero-order chi connectivity index (χ0) is 17.3. The molecule has 7 nitrogen and oxygen atoms in total. The summed E-state index contributed by atoms with van der Waals surface area (Å²) < 4.78 is 0. The van der Waals surface area contributed by atoms with Crippen molar-refractivity contribution in [2.24, 2.45) is 0 Å². The molecule has 1 aliphatic rings. The molecule has 1 atom stereocenters. The number of nitro benzene ring substituents is 1. The van der Waals surface area contributed by atoms with Crippen LogP contribution in [-0.2, 0) is 9.59 Å². The lowest BCUT2D eigenvalue weighted by Crippen LogP contribution is -2.36. The fourth-order valence-electron chi connectivity index (χ4n) is 2.79. The smallest absolute Gasteiger partial charge is 0.269 e. The number of carbonyl (C=O) groups is 2. The molecule has 2 aromatic carbocycles. The number of hydrogen-bond acceptors (Lipinski definition) is 4. The zero-order valence-corrected chi connectivity index (χ0v) is 12.9. The lowest BCUT2D eigenvalue weighted by molar-refractivity contribution is -0.384. The summed E-state index contributed by atoms with van der Waals surface area (Å²) in [6.07, 6.45) is 0.0766. The summed E-state index contributed by atoms with van der Waals surface area (Å²) in [5.41, 5.74) is 1.91. The number of non-ortho nitro benzene ring substituents is 1. The van der Waals surface area contributed by atoms with Crippen molar-refractivity contribution < 1.29 is 14.5 Å². The van der Waals surface area contributed by atoms with Crippen LogP contribution >= 0.6 is 0 Å². The van der Waals surface area contributed by atoms with Crippen molar-refractivity contribution in [1.29, 1.82) is 0 Å². The van der Waals surface area contributed by atoms with E-state index in [2.05, 4.69) is 5.32 Å². The Morgan fingerprint density at radius 3 is 2.54 bits per heavy atom. The van der Waals surface area contributed by atoms with Crippen molar-refractivity contribution in [1.82, 2.24) is 0 Å². The molecule has 2 amide bonds. The van der Waals surface area contributed by atoms with Crippen LogP contribution in [0.15, 0.2) is 48.5 Å². The van der Waals surface area contributed by atoms with Crippen LogP contribution in [0.5, 0.6) is 0 Å². The van der Waals surface area contributed by atoms with Gasteiger partial charge >= 0.3 is 0 Å². The Balaban J connectivity index is 1.88. The number of amides is 2. The second-order valence-electron chi connectivity index (χ2n) is 5.56. The van der Waals surface area contributed by atoms with E-state index in [1.165, 1.54) is 29.2 Å². The molecule has 0 saturated carbocycles. The third-order valence-electron chi connectivity index (χ3n) is 4.08. The summed E-state index contributed by atoms with van der Waals surface area (Å²) in [6, 6.07) is 12.9. The molecule has 0 unspecified atom stereocenters. The van der Waals surface area contributed by atoms with Crippen molar-refractivity contribution in [3.8, 4) is 0 Å². The zero-order valence-electron chi connectivity index (χ0n) is 12.9. The van der Waals surface area contributed by atoms with Gasteiger partial charge in [-0.25, -0.2) is 0 Å². The molecule has 7 heteroatoms. The number of nitrogens with zero attached hydrogens (tertiary/aromatic N) is 2. The van der Waals surface area contributed by atoms with Gasteiger partial charge in [-0.3, -0.25) is 19.7 Å². The highest BCUT2D eigenvalue weighted by Crippen LogP contribution is 2.34. The van der Waals surface area contributed by atoms with Crippen LogP contribution in [0.2, 0.25) is 0 Å². The molecule has 1 N–H and O–H groups in total. The van der Waals surface area contributed by atoms with Crippen molar-refractivity contribution >= 4 is 28.9 Å². The number of fused-ring (bicyclic) bond motifs is 1. The van der Waals surface area contributed by atoms with E-state index in [0.717, 1.165) is 5.56 Å². The Labute approximate surface area is 138 Å². The first kappa shape index (κ1) is 15.7. The first-order chi connectivity index (χ1) is 11.5. The number of carbonyl (C=O) groups excluding carboxylic acids is 2. The molecule has 0 bridgehead atoms. The minimum Gasteiger partial charge on any atom is -0.326 e. The van der Waals surface area contributed by atoms with Crippen LogP contribution in [0.4, 0.5) is 17.1 Å². The molecule has 0 aromatic heterocycles. The van der Waals surface area contributed by atoms with E-state index < -0.39 is 10.8 Å². The molecule has 0 radical (unpaired) electrons. The summed E-state index contributed by atoms with van der Waals surface area (Å²) in [6.45, 7) is 0. The van der Waals surface area contributed by atoms with E-state index in [0.29, 0.717) is 11.4 Å². The number of nitrogens with one attached hydrogen (secondary N) is 1. The fraction of sp³-hybridized carbons (Fsp3) is 0.176. The third-order valence-corrected chi connectivity index (χ3v) is 4.08. The fourth-order valence-corrected chi connectivity index (χ4v) is 2.79. The maximum Gasteiger partial charge on any atom is 0.269 e. The van der Waals surface area contributed by atoms with Crippen LogP contribution < -0.4 is 10.2 Å². The quantitative estimate of drug-likeness (QED) is 0.693. The molecule has 2 aromatic rings. The molecule has 1 heterocycles. The third kappa shape index (κ3) is 2.83. The minimum absolute atomic E-state index is 0.0398. The van der Waals surface area contributed by atoms with E-state index in [4.69, 9.17) is 0 Å². The summed E-state index contributed by atoms with van der Waals surface area (Å²) in [7, 11) is 1.60. The maximum atomic E-state index is 12.8. The topological polar surface area (TPSA) is 92.6 Å². The largest absolute Gasteiger partial charge is 0.326 e. The van der Waals surface area contributed by atoms with E-state index in [1.54, 1.807) is 19.2 Å². The van der Waals surface area contributed by atoms with Crippen molar-refractivity contribution in [2.45, 2.75) is 12.3 Å². The number of nitro groups is 1. The summed E-state index contributed by atoms with van der Waals surface area (Å²) >= 11 is 0. The van der Waals surface area contributed by atoms with Gasteiger partial charge in [-0.1, -0.05) is 18.2 Å². The molecule has 0 aliphatic carbocycles. The Bertz CT molecular complexity index is 817. The van der Waals surface area contributed by atoms with Crippen LogP contribution in [0.25, 0.3) is 0 Å². The first-order valence-corrected chi connectivity index (χ1v) is 7.38. The van der Waals surface area contributed by atoms with Crippen molar-refractivity contribution in [3.63, 3.8) is 0 Å². The average molecular weight is 325 g/mol. The van der Waals surface area contributed by atoms with Gasteiger partial charge in [0.05, 0.1) is 10.8 Å². The predicted molar refractivity (Wildman–Crippen MR) is 88.9 cm³/mol. The maximum absolute atomic E-state index is 12.8. The Morgan fingerprint density at radius 1 is 1.21 bits per heavy atom. The molecular formula is C17H15N3O4. The standard InChI is InChI=1S/C17H15N3O4/c1-19(11-6-8-12(9-7-11)20(23)24)17(22)14-10-16(21)18-15-5-3-2-4-13(14)15/h2-9,14H,10H2,1H3,(H,18,21)/t14-/m0/s1. The van der Waals surface area contributed by atoms with Crippen molar-refractivity contribution in [2.75, 3.05) is 17.3 Å². The lowest BCUT2D eigenvalue weighted by Gasteiger charge is -2.28. The number of hydrogen-bond donors (Lipinski definition) is 1. The Morgan fingerprint density at radius 2 is 1.88 bits per heavy atom.